The van der Waals surface area contributed by atoms with Gasteiger partial charge in [-0.25, -0.2) is 8.42 Å². The van der Waals surface area contributed by atoms with Gasteiger partial charge in [0.15, 0.2) is 0 Å². The maximum absolute atomic E-state index is 12.6. The van der Waals surface area contributed by atoms with E-state index in [1.165, 1.54) is 21.7 Å². The molecule has 8 heteroatoms. The Morgan fingerprint density at radius 1 is 1.63 bits per heavy atom. The van der Waals surface area contributed by atoms with Gasteiger partial charge in [0.05, 0.1) is 23.1 Å². The van der Waals surface area contributed by atoms with Crippen molar-refractivity contribution in [3.63, 3.8) is 0 Å². The molecule has 0 saturated carbocycles. The van der Waals surface area contributed by atoms with E-state index in [1.807, 2.05) is 6.92 Å². The summed E-state index contributed by atoms with van der Waals surface area (Å²) in [6, 6.07) is 1.53. The van der Waals surface area contributed by atoms with E-state index in [-0.39, 0.29) is 17.6 Å². The Labute approximate surface area is 125 Å². The maximum atomic E-state index is 12.6. The first-order valence-electron chi connectivity index (χ1n) is 5.99. The number of aliphatic hydroxyl groups excluding tert-OH is 1. The van der Waals surface area contributed by atoms with Gasteiger partial charge < -0.3 is 9.84 Å². The Morgan fingerprint density at radius 2 is 2.37 bits per heavy atom. The topological polar surface area (TPSA) is 66.8 Å². The first kappa shape index (κ1) is 15.4. The van der Waals surface area contributed by atoms with Crippen LogP contribution >= 0.6 is 27.3 Å². The highest BCUT2D eigenvalue weighted by atomic mass is 79.9. The van der Waals surface area contributed by atoms with Gasteiger partial charge in [0.1, 0.15) is 4.90 Å². The second-order valence-corrected chi connectivity index (χ2v) is 8.63. The van der Waals surface area contributed by atoms with Crippen molar-refractivity contribution < 1.29 is 18.3 Å². The highest BCUT2D eigenvalue weighted by molar-refractivity contribution is 9.11. The van der Waals surface area contributed by atoms with Crippen LogP contribution < -0.4 is 0 Å². The quantitative estimate of drug-likeness (QED) is 0.878. The summed E-state index contributed by atoms with van der Waals surface area (Å²) in [6.45, 7) is 3.00. The number of sulfonamides is 1. The van der Waals surface area contributed by atoms with Crippen molar-refractivity contribution in [2.75, 3.05) is 19.7 Å². The van der Waals surface area contributed by atoms with Crippen LogP contribution in [0, 0.1) is 0 Å². The Morgan fingerprint density at radius 3 is 2.95 bits per heavy atom. The molecule has 0 aliphatic carbocycles. The molecule has 0 aromatic carbocycles. The molecule has 0 spiro atoms. The molecule has 108 valence electrons. The van der Waals surface area contributed by atoms with Crippen LogP contribution in [0.4, 0.5) is 0 Å². The van der Waals surface area contributed by atoms with E-state index < -0.39 is 10.0 Å². The minimum absolute atomic E-state index is 0.0433. The normalized spacial score (nSPS) is 21.7. The molecule has 1 saturated heterocycles. The fraction of sp³-hybridized carbons (Fsp3) is 0.636. The van der Waals surface area contributed by atoms with Crippen LogP contribution in [0.5, 0.6) is 0 Å². The zero-order valence-electron chi connectivity index (χ0n) is 10.5. The summed E-state index contributed by atoms with van der Waals surface area (Å²) < 4.78 is 32.6. The van der Waals surface area contributed by atoms with Gasteiger partial charge in [-0.3, -0.25) is 0 Å². The Hall–Kier alpha value is 0.01000. The summed E-state index contributed by atoms with van der Waals surface area (Å²) in [4.78, 5) is 0.865. The molecule has 1 aromatic heterocycles. The van der Waals surface area contributed by atoms with Crippen LogP contribution in [0.25, 0.3) is 0 Å². The zero-order chi connectivity index (χ0) is 14.0. The number of halogens is 1. The molecule has 2 rings (SSSR count). The van der Waals surface area contributed by atoms with E-state index in [0.717, 1.165) is 6.42 Å². The molecule has 5 nitrogen and oxygen atoms in total. The summed E-state index contributed by atoms with van der Waals surface area (Å²) in [6.07, 6.45) is 0.747. The first-order valence-corrected chi connectivity index (χ1v) is 9.04. The molecule has 2 heterocycles. The number of thiophene rings is 1. The summed E-state index contributed by atoms with van der Waals surface area (Å²) in [5, 5.41) is 9.09. The zero-order valence-corrected chi connectivity index (χ0v) is 13.7. The largest absolute Gasteiger partial charge is 0.391 e. The van der Waals surface area contributed by atoms with Crippen molar-refractivity contribution in [3.05, 3.63) is 14.7 Å². The van der Waals surface area contributed by atoms with Gasteiger partial charge in [-0.05, 0) is 28.4 Å². The summed E-state index contributed by atoms with van der Waals surface area (Å²) in [5.41, 5.74) is 0. The van der Waals surface area contributed by atoms with E-state index in [2.05, 4.69) is 15.9 Å². The Balaban J connectivity index is 2.28. The Bertz CT molecular complexity index is 543. The van der Waals surface area contributed by atoms with Gasteiger partial charge in [-0.1, -0.05) is 6.92 Å². The number of nitrogens with zero attached hydrogens (tertiary/aromatic N) is 1. The molecule has 1 N–H and O–H groups in total. The fourth-order valence-electron chi connectivity index (χ4n) is 1.95. The van der Waals surface area contributed by atoms with Gasteiger partial charge in [0.25, 0.3) is 0 Å². The molecule has 1 aromatic rings. The van der Waals surface area contributed by atoms with E-state index in [1.54, 1.807) is 0 Å². The van der Waals surface area contributed by atoms with Crippen LogP contribution in [0.3, 0.4) is 0 Å². The van der Waals surface area contributed by atoms with Crippen molar-refractivity contribution in [3.8, 4) is 0 Å². The number of aliphatic hydroxyl groups is 1. The highest BCUT2D eigenvalue weighted by Crippen LogP contribution is 2.34. The lowest BCUT2D eigenvalue weighted by molar-refractivity contribution is -0.00278. The third-order valence-electron chi connectivity index (χ3n) is 3.04. The van der Waals surface area contributed by atoms with E-state index >= 15 is 0 Å². The molecule has 0 radical (unpaired) electrons. The van der Waals surface area contributed by atoms with Crippen LogP contribution in [-0.4, -0.2) is 43.6 Å². The molecule has 19 heavy (non-hydrogen) atoms. The number of ether oxygens (including phenoxy) is 1. The summed E-state index contributed by atoms with van der Waals surface area (Å²) >= 11 is 4.50. The van der Waals surface area contributed by atoms with Gasteiger partial charge in [0.2, 0.25) is 10.0 Å². The minimum Gasteiger partial charge on any atom is -0.391 e. The number of morpholine rings is 1. The highest BCUT2D eigenvalue weighted by Gasteiger charge is 2.32. The molecule has 1 unspecified atom stereocenters. The standard InChI is InChI=1S/C11H16BrNO4S2/c1-2-8-6-13(3-4-17-8)19(15,16)10-5-9(7-14)18-11(10)12/h5,8,14H,2-4,6-7H2,1H3. The van der Waals surface area contributed by atoms with Crippen LogP contribution in [0.15, 0.2) is 14.7 Å². The van der Waals surface area contributed by atoms with Gasteiger partial charge >= 0.3 is 0 Å². The molecule has 1 fully saturated rings. The van der Waals surface area contributed by atoms with Crippen molar-refractivity contribution in [2.45, 2.75) is 31.0 Å². The third-order valence-corrected chi connectivity index (χ3v) is 7.14. The predicted octanol–water partition coefficient (Wildman–Crippen LogP) is 1.80. The van der Waals surface area contributed by atoms with Gasteiger partial charge in [-0.2, -0.15) is 4.31 Å². The van der Waals surface area contributed by atoms with Crippen molar-refractivity contribution in [1.82, 2.24) is 4.31 Å². The minimum atomic E-state index is -3.52. The third kappa shape index (κ3) is 3.20. The van der Waals surface area contributed by atoms with Crippen molar-refractivity contribution >= 4 is 37.3 Å². The van der Waals surface area contributed by atoms with Gasteiger partial charge in [-0.15, -0.1) is 11.3 Å². The smallest absolute Gasteiger partial charge is 0.245 e. The monoisotopic (exact) mass is 369 g/mol. The summed E-state index contributed by atoms with van der Waals surface area (Å²) in [7, 11) is -3.52. The van der Waals surface area contributed by atoms with Crippen molar-refractivity contribution in [1.29, 1.82) is 0 Å². The average Bonchev–Trinajstić information content (AvgIpc) is 2.81. The number of hydrogen-bond acceptors (Lipinski definition) is 5. The Kier molecular flexibility index (Phi) is 5.02. The van der Waals surface area contributed by atoms with E-state index in [0.29, 0.717) is 28.4 Å². The lowest BCUT2D eigenvalue weighted by Crippen LogP contribution is -2.45. The van der Waals surface area contributed by atoms with Crippen LogP contribution in [0.1, 0.15) is 18.2 Å². The second-order valence-electron chi connectivity index (χ2n) is 4.27. The van der Waals surface area contributed by atoms with Crippen LogP contribution in [0.2, 0.25) is 0 Å². The molecular formula is C11H16BrNO4S2. The lowest BCUT2D eigenvalue weighted by Gasteiger charge is -2.31. The molecular weight excluding hydrogens is 354 g/mol. The van der Waals surface area contributed by atoms with Crippen LogP contribution in [-0.2, 0) is 21.4 Å². The number of rotatable bonds is 4. The maximum Gasteiger partial charge on any atom is 0.245 e. The van der Waals surface area contributed by atoms with E-state index in [9.17, 15) is 8.42 Å². The molecule has 1 atom stereocenters. The molecule has 0 amide bonds. The predicted molar refractivity (Wildman–Crippen MR) is 76.7 cm³/mol. The van der Waals surface area contributed by atoms with E-state index in [4.69, 9.17) is 9.84 Å². The number of hydrogen-bond donors (Lipinski definition) is 1. The average molecular weight is 370 g/mol. The SMILES string of the molecule is CCC1CN(S(=O)(=O)c2cc(CO)sc2Br)CCO1. The van der Waals surface area contributed by atoms with Crippen molar-refractivity contribution in [2.24, 2.45) is 0 Å². The first-order chi connectivity index (χ1) is 8.98. The summed E-state index contributed by atoms with van der Waals surface area (Å²) in [5.74, 6) is 0. The second kappa shape index (κ2) is 6.19. The molecule has 1 aliphatic rings. The fourth-order valence-corrected chi connectivity index (χ4v) is 5.90. The molecule has 0 bridgehead atoms. The van der Waals surface area contributed by atoms with Gasteiger partial charge in [0, 0.05) is 18.0 Å². The molecule has 1 aliphatic heterocycles. The lowest BCUT2D eigenvalue weighted by atomic mass is 10.2.